The van der Waals surface area contributed by atoms with Crippen molar-refractivity contribution in [3.63, 3.8) is 0 Å². The van der Waals surface area contributed by atoms with Gasteiger partial charge in [-0.05, 0) is 38.1 Å². The number of nitrogens with one attached hydrogen (secondary N) is 1. The lowest BCUT2D eigenvalue weighted by molar-refractivity contribution is -0.121. The van der Waals surface area contributed by atoms with Crippen molar-refractivity contribution < 1.29 is 9.21 Å². The van der Waals surface area contributed by atoms with Crippen LogP contribution in [-0.4, -0.2) is 20.7 Å². The van der Waals surface area contributed by atoms with Crippen molar-refractivity contribution >= 4 is 17.0 Å². The Morgan fingerprint density at radius 2 is 1.82 bits per heavy atom. The Hall–Kier alpha value is -3.41. The molecule has 0 saturated heterocycles. The molecule has 1 N–H and O–H groups in total. The summed E-state index contributed by atoms with van der Waals surface area (Å²) in [5.74, 6) is 0.550. The number of fused-ring (bicyclic) bond motifs is 1. The van der Waals surface area contributed by atoms with Crippen molar-refractivity contribution in [3.8, 4) is 5.69 Å². The average molecular weight is 374 g/mol. The molecular weight excluding hydrogens is 352 g/mol. The highest BCUT2D eigenvalue weighted by atomic mass is 16.3. The van der Waals surface area contributed by atoms with E-state index in [1.165, 1.54) is 0 Å². The number of carbonyl (C=O) groups excluding carboxylic acids is 1. The zero-order chi connectivity index (χ0) is 19.5. The lowest BCUT2D eigenvalue weighted by Gasteiger charge is -2.07. The van der Waals surface area contributed by atoms with Crippen molar-refractivity contribution in [1.29, 1.82) is 0 Å². The van der Waals surface area contributed by atoms with Crippen LogP contribution < -0.4 is 5.32 Å². The Morgan fingerprint density at radius 1 is 1.07 bits per heavy atom. The second-order valence-corrected chi connectivity index (χ2v) is 6.75. The van der Waals surface area contributed by atoms with Gasteiger partial charge in [0.2, 0.25) is 5.91 Å². The topological polar surface area (TPSA) is 73.0 Å². The predicted molar refractivity (Wildman–Crippen MR) is 107 cm³/mol. The van der Waals surface area contributed by atoms with Gasteiger partial charge in [-0.3, -0.25) is 4.79 Å². The maximum atomic E-state index is 12.3. The average Bonchev–Trinajstić information content (AvgIpc) is 3.26. The van der Waals surface area contributed by atoms with Crippen LogP contribution in [0.4, 0.5) is 0 Å². The van der Waals surface area contributed by atoms with Crippen molar-refractivity contribution in [3.05, 3.63) is 77.4 Å². The lowest BCUT2D eigenvalue weighted by Crippen LogP contribution is -2.23. The number of rotatable bonds is 6. The zero-order valence-electron chi connectivity index (χ0n) is 16.0. The van der Waals surface area contributed by atoms with E-state index in [1.807, 2.05) is 73.1 Å². The maximum Gasteiger partial charge on any atom is 0.220 e. The summed E-state index contributed by atoms with van der Waals surface area (Å²) in [5.41, 5.74) is 5.56. The number of aryl methyl sites for hydroxylation is 2. The highest BCUT2D eigenvalue weighted by Gasteiger charge is 2.14. The third-order valence-corrected chi connectivity index (χ3v) is 4.81. The lowest BCUT2D eigenvalue weighted by atomic mass is 10.2. The summed E-state index contributed by atoms with van der Waals surface area (Å²) in [6.07, 6.45) is 0.805. The molecule has 142 valence electrons. The van der Waals surface area contributed by atoms with Crippen LogP contribution in [0.1, 0.15) is 29.3 Å². The number of para-hydroxylation sites is 3. The third kappa shape index (κ3) is 3.67. The van der Waals surface area contributed by atoms with Gasteiger partial charge in [-0.25, -0.2) is 9.67 Å². The minimum absolute atomic E-state index is 0.0338. The van der Waals surface area contributed by atoms with E-state index in [1.54, 1.807) is 0 Å². The Morgan fingerprint density at radius 3 is 2.61 bits per heavy atom. The maximum absolute atomic E-state index is 12.3. The molecule has 0 fully saturated rings. The summed E-state index contributed by atoms with van der Waals surface area (Å²) in [6.45, 7) is 4.44. The molecule has 2 heterocycles. The van der Waals surface area contributed by atoms with E-state index in [0.717, 1.165) is 33.7 Å². The van der Waals surface area contributed by atoms with E-state index >= 15 is 0 Å². The third-order valence-electron chi connectivity index (χ3n) is 4.81. The Balaban J connectivity index is 1.37. The van der Waals surface area contributed by atoms with Crippen molar-refractivity contribution in [2.75, 3.05) is 0 Å². The number of carbonyl (C=O) groups is 1. The molecule has 0 atom stereocenters. The molecule has 6 nitrogen and oxygen atoms in total. The number of nitrogens with zero attached hydrogens (tertiary/aromatic N) is 3. The fourth-order valence-electron chi connectivity index (χ4n) is 3.27. The summed E-state index contributed by atoms with van der Waals surface area (Å²) in [4.78, 5) is 16.7. The van der Waals surface area contributed by atoms with Crippen LogP contribution in [0, 0.1) is 13.8 Å². The SMILES string of the molecule is Cc1nn(-c2ccccc2)c(C)c1CNC(=O)CCc1nc2ccccc2o1. The van der Waals surface area contributed by atoms with Crippen LogP contribution in [0.3, 0.4) is 0 Å². The monoisotopic (exact) mass is 374 g/mol. The molecule has 0 aliphatic rings. The van der Waals surface area contributed by atoms with Crippen molar-refractivity contribution in [2.24, 2.45) is 0 Å². The molecule has 0 aliphatic carbocycles. The summed E-state index contributed by atoms with van der Waals surface area (Å²) in [5, 5.41) is 7.60. The van der Waals surface area contributed by atoms with Gasteiger partial charge in [-0.15, -0.1) is 0 Å². The molecular formula is C22H22N4O2. The first kappa shape index (κ1) is 18.0. The van der Waals surface area contributed by atoms with Gasteiger partial charge >= 0.3 is 0 Å². The van der Waals surface area contributed by atoms with E-state index in [-0.39, 0.29) is 5.91 Å². The number of hydrogen-bond donors (Lipinski definition) is 1. The number of amides is 1. The zero-order valence-corrected chi connectivity index (χ0v) is 16.0. The minimum atomic E-state index is -0.0338. The Kier molecular flexibility index (Phi) is 4.93. The van der Waals surface area contributed by atoms with Crippen LogP contribution in [-0.2, 0) is 17.8 Å². The highest BCUT2D eigenvalue weighted by molar-refractivity contribution is 5.76. The van der Waals surface area contributed by atoms with Crippen LogP contribution in [0.2, 0.25) is 0 Å². The summed E-state index contributed by atoms with van der Waals surface area (Å²) >= 11 is 0. The Bertz CT molecular complexity index is 1080. The van der Waals surface area contributed by atoms with Gasteiger partial charge in [0.1, 0.15) is 5.52 Å². The van der Waals surface area contributed by atoms with Crippen LogP contribution in [0.25, 0.3) is 16.8 Å². The molecule has 0 spiro atoms. The molecule has 2 aromatic heterocycles. The standard InChI is InChI=1S/C22H22N4O2/c1-15-18(16(2)26(25-15)17-8-4-3-5-9-17)14-23-21(27)12-13-22-24-19-10-6-7-11-20(19)28-22/h3-11H,12-14H2,1-2H3,(H,23,27). The first-order chi connectivity index (χ1) is 13.6. The fraction of sp³-hybridized carbons (Fsp3) is 0.227. The first-order valence-electron chi connectivity index (χ1n) is 9.33. The van der Waals surface area contributed by atoms with Gasteiger partial charge in [0.25, 0.3) is 0 Å². The van der Waals surface area contributed by atoms with Gasteiger partial charge in [-0.1, -0.05) is 30.3 Å². The van der Waals surface area contributed by atoms with Crippen LogP contribution in [0.15, 0.2) is 59.0 Å². The quantitative estimate of drug-likeness (QED) is 0.556. The van der Waals surface area contributed by atoms with Crippen LogP contribution >= 0.6 is 0 Å². The fourth-order valence-corrected chi connectivity index (χ4v) is 3.27. The van der Waals surface area contributed by atoms with Gasteiger partial charge in [-0.2, -0.15) is 5.10 Å². The Labute approximate surface area is 163 Å². The smallest absolute Gasteiger partial charge is 0.220 e. The molecule has 0 unspecified atom stereocenters. The molecule has 0 aliphatic heterocycles. The molecule has 6 heteroatoms. The van der Waals surface area contributed by atoms with E-state index < -0.39 is 0 Å². The molecule has 0 saturated carbocycles. The van der Waals surface area contributed by atoms with Crippen molar-refractivity contribution in [1.82, 2.24) is 20.1 Å². The number of oxazole rings is 1. The molecule has 4 aromatic rings. The number of aromatic nitrogens is 3. The van der Waals surface area contributed by atoms with Gasteiger partial charge in [0.15, 0.2) is 11.5 Å². The number of benzene rings is 2. The largest absolute Gasteiger partial charge is 0.441 e. The van der Waals surface area contributed by atoms with Gasteiger partial charge < -0.3 is 9.73 Å². The molecule has 0 bridgehead atoms. The van der Waals surface area contributed by atoms with E-state index in [0.29, 0.717) is 25.3 Å². The highest BCUT2D eigenvalue weighted by Crippen LogP contribution is 2.18. The second kappa shape index (κ2) is 7.68. The van der Waals surface area contributed by atoms with Gasteiger partial charge in [0.05, 0.1) is 11.4 Å². The predicted octanol–water partition coefficient (Wildman–Crippen LogP) is 3.88. The minimum Gasteiger partial charge on any atom is -0.441 e. The summed E-state index contributed by atoms with van der Waals surface area (Å²) in [6, 6.07) is 17.6. The molecule has 0 radical (unpaired) electrons. The van der Waals surface area contributed by atoms with Crippen molar-refractivity contribution in [2.45, 2.75) is 33.2 Å². The summed E-state index contributed by atoms with van der Waals surface area (Å²) in [7, 11) is 0. The molecule has 1 amide bonds. The molecule has 2 aromatic carbocycles. The van der Waals surface area contributed by atoms with E-state index in [4.69, 9.17) is 4.42 Å². The second-order valence-electron chi connectivity index (χ2n) is 6.75. The molecule has 28 heavy (non-hydrogen) atoms. The summed E-state index contributed by atoms with van der Waals surface area (Å²) < 4.78 is 7.58. The first-order valence-corrected chi connectivity index (χ1v) is 9.33. The number of hydrogen-bond acceptors (Lipinski definition) is 4. The normalized spacial score (nSPS) is 11.1. The van der Waals surface area contributed by atoms with E-state index in [2.05, 4.69) is 15.4 Å². The van der Waals surface area contributed by atoms with Crippen LogP contribution in [0.5, 0.6) is 0 Å². The van der Waals surface area contributed by atoms with E-state index in [9.17, 15) is 4.79 Å². The van der Waals surface area contributed by atoms with Gasteiger partial charge in [0, 0.05) is 30.6 Å². The molecule has 4 rings (SSSR count).